The van der Waals surface area contributed by atoms with Gasteiger partial charge in [-0.1, -0.05) is 60.7 Å². The van der Waals surface area contributed by atoms with E-state index in [1.165, 1.54) is 0 Å². The number of benzene rings is 2. The van der Waals surface area contributed by atoms with Crippen molar-refractivity contribution in [2.24, 2.45) is 0 Å². The van der Waals surface area contributed by atoms with Crippen molar-refractivity contribution in [2.75, 3.05) is 12.3 Å². The maximum absolute atomic E-state index is 6.37. The van der Waals surface area contributed by atoms with E-state index < -0.39 is 0 Å². The van der Waals surface area contributed by atoms with Gasteiger partial charge >= 0.3 is 0 Å². The maximum atomic E-state index is 6.37. The van der Waals surface area contributed by atoms with Crippen molar-refractivity contribution in [1.82, 2.24) is 14.5 Å². The molecule has 2 aromatic carbocycles. The Hall–Kier alpha value is -3.18. The summed E-state index contributed by atoms with van der Waals surface area (Å²) in [6.07, 6.45) is 3.91. The molecule has 0 amide bonds. The number of ether oxygens (including phenoxy) is 1. The molecule has 1 unspecified atom stereocenters. The van der Waals surface area contributed by atoms with Crippen LogP contribution in [0.1, 0.15) is 12.8 Å². The van der Waals surface area contributed by atoms with Gasteiger partial charge in [-0.2, -0.15) is 0 Å². The van der Waals surface area contributed by atoms with Crippen LogP contribution >= 0.6 is 0 Å². The molecule has 1 atom stereocenters. The molecule has 5 rings (SSSR count). The highest BCUT2D eigenvalue weighted by Gasteiger charge is 2.26. The Kier molecular flexibility index (Phi) is 4.29. The zero-order chi connectivity index (χ0) is 18.9. The van der Waals surface area contributed by atoms with Crippen molar-refractivity contribution in [2.45, 2.75) is 25.5 Å². The zero-order valence-corrected chi connectivity index (χ0v) is 15.6. The molecular formula is C23H22N4O. The predicted molar refractivity (Wildman–Crippen MR) is 112 cm³/mol. The summed E-state index contributed by atoms with van der Waals surface area (Å²) in [6, 6.07) is 20.8. The molecule has 1 aliphatic rings. The van der Waals surface area contributed by atoms with Gasteiger partial charge in [0.05, 0.1) is 23.7 Å². The Bertz CT molecular complexity index is 1100. The van der Waals surface area contributed by atoms with Crippen LogP contribution in [0.25, 0.3) is 33.4 Å². The number of nitrogen functional groups attached to an aromatic ring is 1. The van der Waals surface area contributed by atoms with Crippen LogP contribution in [0.3, 0.4) is 0 Å². The quantitative estimate of drug-likeness (QED) is 0.573. The molecule has 140 valence electrons. The lowest BCUT2D eigenvalue weighted by atomic mass is 9.99. The Labute approximate surface area is 163 Å². The van der Waals surface area contributed by atoms with Crippen molar-refractivity contribution >= 4 is 16.9 Å². The van der Waals surface area contributed by atoms with Crippen LogP contribution in [-0.2, 0) is 11.3 Å². The first-order valence-electron chi connectivity index (χ1n) is 9.68. The first kappa shape index (κ1) is 17.0. The highest BCUT2D eigenvalue weighted by atomic mass is 16.5. The van der Waals surface area contributed by atoms with Gasteiger partial charge < -0.3 is 15.0 Å². The van der Waals surface area contributed by atoms with E-state index in [4.69, 9.17) is 10.5 Å². The first-order chi connectivity index (χ1) is 13.8. The smallest absolute Gasteiger partial charge is 0.146 e. The summed E-state index contributed by atoms with van der Waals surface area (Å²) in [5.41, 5.74) is 11.7. The van der Waals surface area contributed by atoms with Gasteiger partial charge in [-0.15, -0.1) is 0 Å². The highest BCUT2D eigenvalue weighted by molar-refractivity contribution is 6.07. The molecule has 5 heteroatoms. The molecule has 2 aromatic heterocycles. The number of hydrogen-bond donors (Lipinski definition) is 1. The molecule has 4 aromatic rings. The predicted octanol–water partition coefficient (Wildman–Crippen LogP) is 4.53. The minimum Gasteiger partial charge on any atom is -0.383 e. The third-order valence-corrected chi connectivity index (χ3v) is 5.39. The molecule has 28 heavy (non-hydrogen) atoms. The molecule has 1 fully saturated rings. The maximum Gasteiger partial charge on any atom is 0.146 e. The summed E-state index contributed by atoms with van der Waals surface area (Å²) in [5, 5.41) is 0.908. The fraction of sp³-hybridized carbons (Fsp3) is 0.217. The minimum absolute atomic E-state index is 0.192. The fourth-order valence-corrected chi connectivity index (χ4v) is 4.14. The third-order valence-electron chi connectivity index (χ3n) is 5.39. The Balaban J connectivity index is 1.85. The summed E-state index contributed by atoms with van der Waals surface area (Å²) < 4.78 is 8.21. The number of nitrogens with two attached hydrogens (primary N) is 1. The van der Waals surface area contributed by atoms with Crippen LogP contribution < -0.4 is 5.73 Å². The topological polar surface area (TPSA) is 66.0 Å². The SMILES string of the molecule is Nc1ncnc2c1c(-c1ccccc1)c(-c1ccccc1)n2CC1CCCO1. The van der Waals surface area contributed by atoms with E-state index in [0.29, 0.717) is 5.82 Å². The van der Waals surface area contributed by atoms with Crippen LogP contribution in [0.15, 0.2) is 67.0 Å². The van der Waals surface area contributed by atoms with Crippen LogP contribution in [0.5, 0.6) is 0 Å². The molecule has 3 heterocycles. The molecule has 0 saturated carbocycles. The first-order valence-corrected chi connectivity index (χ1v) is 9.68. The van der Waals surface area contributed by atoms with Crippen molar-refractivity contribution in [3.63, 3.8) is 0 Å². The van der Waals surface area contributed by atoms with Crippen LogP contribution in [0, 0.1) is 0 Å². The van der Waals surface area contributed by atoms with Gasteiger partial charge in [0.25, 0.3) is 0 Å². The van der Waals surface area contributed by atoms with Gasteiger partial charge in [-0.3, -0.25) is 0 Å². The lowest BCUT2D eigenvalue weighted by molar-refractivity contribution is 0.0982. The van der Waals surface area contributed by atoms with E-state index in [0.717, 1.165) is 59.4 Å². The van der Waals surface area contributed by atoms with E-state index in [-0.39, 0.29) is 6.10 Å². The number of hydrogen-bond acceptors (Lipinski definition) is 4. The van der Waals surface area contributed by atoms with E-state index in [1.807, 2.05) is 24.3 Å². The average molecular weight is 370 g/mol. The van der Waals surface area contributed by atoms with E-state index >= 15 is 0 Å². The summed E-state index contributed by atoms with van der Waals surface area (Å²) in [4.78, 5) is 8.93. The number of rotatable bonds is 4. The molecule has 0 radical (unpaired) electrons. The van der Waals surface area contributed by atoms with Crippen molar-refractivity contribution in [1.29, 1.82) is 0 Å². The second kappa shape index (κ2) is 7.09. The van der Waals surface area contributed by atoms with Gasteiger partial charge in [0.2, 0.25) is 0 Å². The lowest BCUT2D eigenvalue weighted by Crippen LogP contribution is -2.16. The van der Waals surface area contributed by atoms with Gasteiger partial charge in [0.1, 0.15) is 17.8 Å². The summed E-state index contributed by atoms with van der Waals surface area (Å²) in [7, 11) is 0. The Morgan fingerprint density at radius 1 is 0.964 bits per heavy atom. The second-order valence-electron chi connectivity index (χ2n) is 7.16. The van der Waals surface area contributed by atoms with Gasteiger partial charge in [0.15, 0.2) is 0 Å². The van der Waals surface area contributed by atoms with Gasteiger partial charge in [0, 0.05) is 12.2 Å². The monoisotopic (exact) mass is 370 g/mol. The Morgan fingerprint density at radius 2 is 1.68 bits per heavy atom. The van der Waals surface area contributed by atoms with Crippen LogP contribution in [0.2, 0.25) is 0 Å². The van der Waals surface area contributed by atoms with E-state index in [1.54, 1.807) is 6.33 Å². The Morgan fingerprint density at radius 3 is 2.36 bits per heavy atom. The lowest BCUT2D eigenvalue weighted by Gasteiger charge is -2.16. The summed E-state index contributed by atoms with van der Waals surface area (Å²) in [6.45, 7) is 1.58. The molecule has 0 spiro atoms. The number of aromatic nitrogens is 3. The van der Waals surface area contributed by atoms with Crippen molar-refractivity contribution in [3.05, 3.63) is 67.0 Å². The molecule has 1 saturated heterocycles. The number of fused-ring (bicyclic) bond motifs is 1. The highest BCUT2D eigenvalue weighted by Crippen LogP contribution is 2.42. The summed E-state index contributed by atoms with van der Waals surface area (Å²) >= 11 is 0. The molecular weight excluding hydrogens is 348 g/mol. The van der Waals surface area contributed by atoms with Crippen molar-refractivity contribution in [3.8, 4) is 22.4 Å². The largest absolute Gasteiger partial charge is 0.383 e. The van der Waals surface area contributed by atoms with Gasteiger partial charge in [-0.25, -0.2) is 9.97 Å². The van der Waals surface area contributed by atoms with Crippen LogP contribution in [-0.4, -0.2) is 27.2 Å². The van der Waals surface area contributed by atoms with Gasteiger partial charge in [-0.05, 0) is 24.0 Å². The molecule has 5 nitrogen and oxygen atoms in total. The second-order valence-corrected chi connectivity index (χ2v) is 7.16. The molecule has 0 bridgehead atoms. The average Bonchev–Trinajstić information content (AvgIpc) is 3.37. The van der Waals surface area contributed by atoms with Crippen molar-refractivity contribution < 1.29 is 4.74 Å². The van der Waals surface area contributed by atoms with E-state index in [2.05, 4.69) is 50.9 Å². The van der Waals surface area contributed by atoms with E-state index in [9.17, 15) is 0 Å². The molecule has 1 aliphatic heterocycles. The number of nitrogens with zero attached hydrogens (tertiary/aromatic N) is 3. The third kappa shape index (κ3) is 2.84. The summed E-state index contributed by atoms with van der Waals surface area (Å²) in [5.74, 6) is 0.507. The number of anilines is 1. The molecule has 0 aliphatic carbocycles. The standard InChI is InChI=1S/C23H22N4O/c24-22-20-19(16-8-3-1-4-9-16)21(17-10-5-2-6-11-17)27(23(20)26-15-25-22)14-18-12-7-13-28-18/h1-6,8-11,15,18H,7,12-14H2,(H2,24,25,26). The minimum atomic E-state index is 0.192. The zero-order valence-electron chi connectivity index (χ0n) is 15.6. The fourth-order valence-electron chi connectivity index (χ4n) is 4.14. The normalized spacial score (nSPS) is 16.6. The molecule has 2 N–H and O–H groups in total. The van der Waals surface area contributed by atoms with Crippen LogP contribution in [0.4, 0.5) is 5.82 Å².